The molecule has 0 atom stereocenters. The van der Waals surface area contributed by atoms with E-state index in [1.807, 2.05) is 19.2 Å². The van der Waals surface area contributed by atoms with Gasteiger partial charge < -0.3 is 30.1 Å². The zero-order chi connectivity index (χ0) is 13.8. The predicted molar refractivity (Wildman–Crippen MR) is 88.2 cm³/mol. The van der Waals surface area contributed by atoms with E-state index in [0.29, 0.717) is 0 Å². The van der Waals surface area contributed by atoms with Crippen molar-refractivity contribution in [3.63, 3.8) is 0 Å². The van der Waals surface area contributed by atoms with Gasteiger partial charge in [0, 0.05) is 0 Å². The second-order valence-electron chi connectivity index (χ2n) is 4.75. The van der Waals surface area contributed by atoms with Crippen LogP contribution in [0.1, 0.15) is 6.42 Å². The minimum absolute atomic E-state index is 0. The summed E-state index contributed by atoms with van der Waals surface area (Å²) in [5.41, 5.74) is 1.20. The van der Waals surface area contributed by atoms with Gasteiger partial charge in [-0.05, 0) is 12.7 Å². The first-order valence-electron chi connectivity index (χ1n) is 6.87. The number of fused-ring (bicyclic) bond motifs is 3. The van der Waals surface area contributed by atoms with Crippen LogP contribution in [-0.2, 0) is 26.2 Å². The van der Waals surface area contributed by atoms with Crippen molar-refractivity contribution in [3.05, 3.63) is 72.8 Å². The van der Waals surface area contributed by atoms with E-state index in [4.69, 9.17) is 0 Å². The van der Waals surface area contributed by atoms with Crippen LogP contribution in [0.15, 0.2) is 66.8 Å². The topological polar surface area (TPSA) is 12.0 Å². The summed E-state index contributed by atoms with van der Waals surface area (Å²) in [4.78, 5) is 0. The maximum Gasteiger partial charge on any atom is 4.00 e. The first-order valence-corrected chi connectivity index (χ1v) is 6.87. The van der Waals surface area contributed by atoms with Gasteiger partial charge in [0.15, 0.2) is 0 Å². The van der Waals surface area contributed by atoms with E-state index in [-0.39, 0.29) is 51.0 Å². The molecule has 0 saturated carbocycles. The molecule has 0 radical (unpaired) electrons. The molecule has 0 bridgehead atoms. The molecule has 3 aromatic carbocycles. The van der Waals surface area contributed by atoms with E-state index in [1.165, 1.54) is 27.2 Å². The average Bonchev–Trinajstić information content (AvgIpc) is 3.17. The Morgan fingerprint density at radius 1 is 1.00 bits per heavy atom. The summed E-state index contributed by atoms with van der Waals surface area (Å²) in [6, 6.07) is 17.1. The monoisotopic (exact) mass is 419 g/mol. The Morgan fingerprint density at radius 2 is 1.74 bits per heavy atom. The van der Waals surface area contributed by atoms with E-state index < -0.39 is 0 Å². The fourth-order valence-corrected chi connectivity index (χ4v) is 2.54. The first kappa shape index (κ1) is 22.1. The molecule has 0 aromatic heterocycles. The maximum absolute atomic E-state index is 3.23. The fraction of sp³-hybridized carbons (Fsp3) is 0.105. The first-order chi connectivity index (χ1) is 9.90. The van der Waals surface area contributed by atoms with Crippen molar-refractivity contribution in [1.29, 1.82) is 0 Å². The van der Waals surface area contributed by atoms with E-state index in [1.54, 1.807) is 0 Å². The number of allylic oxidation sites excluding steroid dienone is 4. The van der Waals surface area contributed by atoms with Crippen molar-refractivity contribution < 1.29 is 51.0 Å². The standard InChI is InChI=1S/C14H12N.C5H5.2ClH.Zr/c1-15-14-8-4-7-12-11-6-3-2-5-10(11)9-13(12)14;1-2-4-5-3-1;;;/h2-9,15H,1H3;1-3H,4H2;2*1H;/q2*-1;;;+4/p-2. The summed E-state index contributed by atoms with van der Waals surface area (Å²) in [6.07, 6.45) is 10.0. The molecule has 0 amide bonds. The van der Waals surface area contributed by atoms with Gasteiger partial charge in [0.1, 0.15) is 0 Å². The summed E-state index contributed by atoms with van der Waals surface area (Å²) < 4.78 is 0. The van der Waals surface area contributed by atoms with Gasteiger partial charge in [-0.1, -0.05) is 36.4 Å². The molecular weight excluding hydrogens is 404 g/mol. The summed E-state index contributed by atoms with van der Waals surface area (Å²) in [5, 5.41) is 8.52. The quantitative estimate of drug-likeness (QED) is 0.501. The molecule has 23 heavy (non-hydrogen) atoms. The third-order valence-electron chi connectivity index (χ3n) is 3.51. The van der Waals surface area contributed by atoms with E-state index in [9.17, 15) is 0 Å². The van der Waals surface area contributed by atoms with E-state index in [2.05, 4.69) is 66.0 Å². The number of rotatable bonds is 1. The third kappa shape index (κ3) is 5.01. The van der Waals surface area contributed by atoms with Crippen LogP contribution in [0, 0.1) is 6.08 Å². The molecule has 1 nitrogen and oxygen atoms in total. The Bertz CT molecular complexity index is 780. The van der Waals surface area contributed by atoms with Gasteiger partial charge in [-0.25, -0.2) is 12.2 Å². The van der Waals surface area contributed by atoms with E-state index in [0.717, 1.165) is 6.42 Å². The van der Waals surface area contributed by atoms with Crippen LogP contribution in [0.3, 0.4) is 0 Å². The molecule has 116 valence electrons. The molecule has 0 saturated heterocycles. The molecule has 4 rings (SSSR count). The zero-order valence-electron chi connectivity index (χ0n) is 12.8. The second kappa shape index (κ2) is 10.8. The smallest absolute Gasteiger partial charge is 1.00 e. The molecule has 0 unspecified atom stereocenters. The normalized spacial score (nSPS) is 11.0. The van der Waals surface area contributed by atoms with Crippen LogP contribution in [0.25, 0.3) is 21.5 Å². The molecule has 4 heteroatoms. The van der Waals surface area contributed by atoms with Gasteiger partial charge in [-0.2, -0.15) is 6.08 Å². The van der Waals surface area contributed by atoms with Gasteiger partial charge in [0.05, 0.1) is 0 Å². The fourth-order valence-electron chi connectivity index (χ4n) is 2.54. The summed E-state index contributed by atoms with van der Waals surface area (Å²) in [7, 11) is 1.96. The average molecular weight is 421 g/mol. The number of benzene rings is 2. The van der Waals surface area contributed by atoms with Crippen molar-refractivity contribution in [2.24, 2.45) is 0 Å². The third-order valence-corrected chi connectivity index (χ3v) is 3.51. The number of hydrogen-bond acceptors (Lipinski definition) is 1. The van der Waals surface area contributed by atoms with Crippen molar-refractivity contribution in [1.82, 2.24) is 0 Å². The Labute approximate surface area is 169 Å². The van der Waals surface area contributed by atoms with Crippen molar-refractivity contribution in [3.8, 4) is 0 Å². The van der Waals surface area contributed by atoms with Crippen molar-refractivity contribution >= 4 is 27.2 Å². The van der Waals surface area contributed by atoms with Crippen molar-refractivity contribution in [2.45, 2.75) is 6.42 Å². The molecule has 1 aliphatic carbocycles. The van der Waals surface area contributed by atoms with Crippen LogP contribution in [0.5, 0.6) is 0 Å². The Morgan fingerprint density at radius 3 is 2.35 bits per heavy atom. The van der Waals surface area contributed by atoms with E-state index >= 15 is 0 Å². The molecular formula is C19H17Cl2NZr. The van der Waals surface area contributed by atoms with Crippen LogP contribution in [0.4, 0.5) is 5.69 Å². The largest absolute Gasteiger partial charge is 4.00 e. The molecule has 1 N–H and O–H groups in total. The Kier molecular flexibility index (Phi) is 10.3. The summed E-state index contributed by atoms with van der Waals surface area (Å²) in [6.45, 7) is 0. The van der Waals surface area contributed by atoms with Gasteiger partial charge in [-0.3, -0.25) is 6.08 Å². The minimum atomic E-state index is 0. The zero-order valence-corrected chi connectivity index (χ0v) is 16.8. The number of nitrogens with one attached hydrogen (secondary N) is 1. The number of halogens is 2. The molecule has 0 fully saturated rings. The maximum atomic E-state index is 3.23. The summed E-state index contributed by atoms with van der Waals surface area (Å²) in [5.74, 6) is 0. The van der Waals surface area contributed by atoms with Gasteiger partial charge >= 0.3 is 26.2 Å². The molecule has 0 aliphatic heterocycles. The SMILES string of the molecule is CNc1cccc2c1[cH-]c1ccccc12.[C-]1=CC=CC1.[Cl-].[Cl-].[Zr+4]. The Hall–Kier alpha value is -0.947. The molecule has 0 spiro atoms. The predicted octanol–water partition coefficient (Wildman–Crippen LogP) is -0.935. The molecule has 1 aliphatic rings. The van der Waals surface area contributed by atoms with Crippen LogP contribution in [0.2, 0.25) is 0 Å². The van der Waals surface area contributed by atoms with Crippen LogP contribution < -0.4 is 30.1 Å². The number of hydrogen-bond donors (Lipinski definition) is 1. The number of anilines is 1. The van der Waals surface area contributed by atoms with Gasteiger partial charge in [-0.15, -0.1) is 40.1 Å². The van der Waals surface area contributed by atoms with Gasteiger partial charge in [0.2, 0.25) is 0 Å². The van der Waals surface area contributed by atoms with Crippen LogP contribution in [-0.4, -0.2) is 7.05 Å². The Balaban J connectivity index is 0.000000529. The summed E-state index contributed by atoms with van der Waals surface area (Å²) >= 11 is 0. The van der Waals surface area contributed by atoms with Crippen molar-refractivity contribution in [2.75, 3.05) is 12.4 Å². The van der Waals surface area contributed by atoms with Gasteiger partial charge in [0.25, 0.3) is 0 Å². The van der Waals surface area contributed by atoms with Crippen LogP contribution >= 0.6 is 0 Å². The second-order valence-corrected chi connectivity index (χ2v) is 4.75. The minimum Gasteiger partial charge on any atom is -1.00 e. The molecule has 0 heterocycles. The molecule has 3 aromatic rings.